The van der Waals surface area contributed by atoms with Gasteiger partial charge in [-0.3, -0.25) is 9.78 Å². The summed E-state index contributed by atoms with van der Waals surface area (Å²) in [5.41, 5.74) is 3.66. The van der Waals surface area contributed by atoms with Crippen LogP contribution in [0, 0.1) is 6.92 Å². The fourth-order valence-electron chi connectivity index (χ4n) is 4.18. The lowest BCUT2D eigenvalue weighted by Crippen LogP contribution is -2.33. The monoisotopic (exact) mass is 401 g/mol. The zero-order valence-electron chi connectivity index (χ0n) is 16.8. The molecule has 0 spiro atoms. The van der Waals surface area contributed by atoms with E-state index in [1.54, 1.807) is 35.4 Å². The molecule has 4 heterocycles. The van der Waals surface area contributed by atoms with Gasteiger partial charge in [-0.2, -0.15) is 10.2 Å². The normalized spacial score (nSPS) is 19.1. The first-order chi connectivity index (χ1) is 14.7. The summed E-state index contributed by atoms with van der Waals surface area (Å²) >= 11 is 0. The van der Waals surface area contributed by atoms with Crippen molar-refractivity contribution in [3.8, 4) is 11.3 Å². The highest BCUT2D eigenvalue weighted by molar-refractivity contribution is 5.68. The van der Waals surface area contributed by atoms with Crippen molar-refractivity contribution in [2.75, 3.05) is 5.32 Å². The lowest BCUT2D eigenvalue weighted by atomic mass is 9.91. The first kappa shape index (κ1) is 18.5. The van der Waals surface area contributed by atoms with E-state index in [9.17, 15) is 4.79 Å². The summed E-state index contributed by atoms with van der Waals surface area (Å²) in [5.74, 6) is 0.858. The molecule has 0 aromatic carbocycles. The van der Waals surface area contributed by atoms with Gasteiger partial charge in [-0.15, -0.1) is 0 Å². The van der Waals surface area contributed by atoms with Gasteiger partial charge in [0, 0.05) is 42.5 Å². The van der Waals surface area contributed by atoms with Crippen LogP contribution in [0.1, 0.15) is 37.4 Å². The zero-order valence-corrected chi connectivity index (χ0v) is 16.8. The second-order valence-corrected chi connectivity index (χ2v) is 7.78. The topological polar surface area (TPSA) is 90.0 Å². The molecule has 1 aliphatic rings. The number of aromatic nitrogens is 6. The lowest BCUT2D eigenvalue weighted by Gasteiger charge is -2.30. The SMILES string of the molecule is Cc1cc2c(NC3CCC(n4nc(-c5ccncc5)ccc4=O)CC3)nccn2n1. The minimum Gasteiger partial charge on any atom is -0.366 e. The van der Waals surface area contributed by atoms with Crippen molar-refractivity contribution in [2.45, 2.75) is 44.7 Å². The molecule has 1 fully saturated rings. The van der Waals surface area contributed by atoms with Gasteiger partial charge in [-0.25, -0.2) is 14.2 Å². The molecule has 0 radical (unpaired) electrons. The number of nitrogens with zero attached hydrogens (tertiary/aromatic N) is 6. The van der Waals surface area contributed by atoms with Gasteiger partial charge >= 0.3 is 0 Å². The van der Waals surface area contributed by atoms with Crippen LogP contribution in [-0.2, 0) is 0 Å². The molecule has 0 amide bonds. The lowest BCUT2D eigenvalue weighted by molar-refractivity contribution is 0.304. The number of fused-ring (bicyclic) bond motifs is 1. The van der Waals surface area contributed by atoms with Crippen molar-refractivity contribution >= 4 is 11.3 Å². The van der Waals surface area contributed by atoms with E-state index in [1.807, 2.05) is 35.8 Å². The molecule has 8 heteroatoms. The Morgan fingerprint density at radius 1 is 1.00 bits per heavy atom. The predicted octanol–water partition coefficient (Wildman–Crippen LogP) is 3.25. The molecule has 1 saturated carbocycles. The van der Waals surface area contributed by atoms with Crippen molar-refractivity contribution in [3.05, 3.63) is 71.2 Å². The van der Waals surface area contributed by atoms with Gasteiger partial charge in [-0.05, 0) is 56.9 Å². The van der Waals surface area contributed by atoms with Crippen LogP contribution in [0.4, 0.5) is 5.82 Å². The molecule has 0 aliphatic heterocycles. The molecule has 0 saturated heterocycles. The van der Waals surface area contributed by atoms with Crippen molar-refractivity contribution in [2.24, 2.45) is 0 Å². The number of hydrogen-bond donors (Lipinski definition) is 1. The summed E-state index contributed by atoms with van der Waals surface area (Å²) in [5, 5.41) is 12.7. The third kappa shape index (κ3) is 3.56. The van der Waals surface area contributed by atoms with Crippen LogP contribution in [0.3, 0.4) is 0 Å². The summed E-state index contributed by atoms with van der Waals surface area (Å²) in [6, 6.07) is 9.66. The molecule has 1 N–H and O–H groups in total. The van der Waals surface area contributed by atoms with Gasteiger partial charge in [0.2, 0.25) is 0 Å². The number of rotatable bonds is 4. The van der Waals surface area contributed by atoms with Crippen LogP contribution in [0.2, 0.25) is 0 Å². The van der Waals surface area contributed by atoms with Gasteiger partial charge in [0.25, 0.3) is 5.56 Å². The standard InChI is InChI=1S/C22H23N7O/c1-15-14-20-22(24-12-13-28(20)26-15)25-17-2-4-18(5-3-17)29-21(30)7-6-19(27-29)16-8-10-23-11-9-16/h6-14,17-18H,2-5H2,1H3,(H,24,25). The molecule has 1 aliphatic carbocycles. The first-order valence-electron chi connectivity index (χ1n) is 10.3. The quantitative estimate of drug-likeness (QED) is 0.565. The van der Waals surface area contributed by atoms with Gasteiger partial charge in [0.1, 0.15) is 5.52 Å². The Labute approximate surface area is 173 Å². The third-order valence-electron chi connectivity index (χ3n) is 5.70. The number of aryl methyl sites for hydroxylation is 1. The maximum Gasteiger partial charge on any atom is 0.267 e. The van der Waals surface area contributed by atoms with Crippen LogP contribution >= 0.6 is 0 Å². The molecule has 152 valence electrons. The minimum absolute atomic E-state index is 0.0506. The maximum atomic E-state index is 12.5. The Kier molecular flexibility index (Phi) is 4.74. The molecular formula is C22H23N7O. The van der Waals surface area contributed by atoms with Crippen molar-refractivity contribution in [1.82, 2.24) is 29.4 Å². The molecular weight excluding hydrogens is 378 g/mol. The number of hydrogen-bond acceptors (Lipinski definition) is 6. The van der Waals surface area contributed by atoms with Crippen LogP contribution in [-0.4, -0.2) is 35.4 Å². The smallest absolute Gasteiger partial charge is 0.267 e. The molecule has 0 atom stereocenters. The van der Waals surface area contributed by atoms with E-state index in [0.717, 1.165) is 54.0 Å². The van der Waals surface area contributed by atoms with E-state index in [1.165, 1.54) is 0 Å². The number of anilines is 1. The average molecular weight is 401 g/mol. The van der Waals surface area contributed by atoms with E-state index >= 15 is 0 Å². The predicted molar refractivity (Wildman–Crippen MR) is 114 cm³/mol. The van der Waals surface area contributed by atoms with Crippen LogP contribution in [0.15, 0.2) is 59.9 Å². The number of nitrogens with one attached hydrogen (secondary N) is 1. The molecule has 4 aromatic rings. The first-order valence-corrected chi connectivity index (χ1v) is 10.3. The molecule has 0 unspecified atom stereocenters. The Balaban J connectivity index is 1.31. The summed E-state index contributed by atoms with van der Waals surface area (Å²) in [6.45, 7) is 1.98. The maximum absolute atomic E-state index is 12.5. The second kappa shape index (κ2) is 7.70. The van der Waals surface area contributed by atoms with E-state index in [2.05, 4.69) is 25.5 Å². The molecule has 8 nitrogen and oxygen atoms in total. The zero-order chi connectivity index (χ0) is 20.5. The Bertz CT molecular complexity index is 1220. The highest BCUT2D eigenvalue weighted by Gasteiger charge is 2.24. The third-order valence-corrected chi connectivity index (χ3v) is 5.70. The molecule has 30 heavy (non-hydrogen) atoms. The number of pyridine rings is 1. The Morgan fingerprint density at radius 2 is 1.80 bits per heavy atom. The van der Waals surface area contributed by atoms with Crippen LogP contribution in [0.25, 0.3) is 16.8 Å². The molecule has 0 bridgehead atoms. The highest BCUT2D eigenvalue weighted by Crippen LogP contribution is 2.30. The van der Waals surface area contributed by atoms with Crippen molar-refractivity contribution in [1.29, 1.82) is 0 Å². The van der Waals surface area contributed by atoms with Crippen LogP contribution < -0.4 is 10.9 Å². The van der Waals surface area contributed by atoms with Crippen molar-refractivity contribution < 1.29 is 0 Å². The van der Waals surface area contributed by atoms with Gasteiger partial charge in [0.05, 0.1) is 17.4 Å². The summed E-state index contributed by atoms with van der Waals surface area (Å²) in [4.78, 5) is 21.0. The second-order valence-electron chi connectivity index (χ2n) is 7.78. The van der Waals surface area contributed by atoms with Gasteiger partial charge < -0.3 is 5.32 Å². The largest absolute Gasteiger partial charge is 0.366 e. The Hall–Kier alpha value is -3.55. The van der Waals surface area contributed by atoms with Gasteiger partial charge in [-0.1, -0.05) is 0 Å². The summed E-state index contributed by atoms with van der Waals surface area (Å²) < 4.78 is 3.51. The highest BCUT2D eigenvalue weighted by atomic mass is 16.1. The summed E-state index contributed by atoms with van der Waals surface area (Å²) in [6.07, 6.45) is 10.8. The minimum atomic E-state index is -0.0506. The molecule has 5 rings (SSSR count). The van der Waals surface area contributed by atoms with E-state index in [0.29, 0.717) is 6.04 Å². The van der Waals surface area contributed by atoms with Crippen molar-refractivity contribution in [3.63, 3.8) is 0 Å². The van der Waals surface area contributed by atoms with E-state index in [-0.39, 0.29) is 11.6 Å². The Morgan fingerprint density at radius 3 is 2.60 bits per heavy atom. The summed E-state index contributed by atoms with van der Waals surface area (Å²) in [7, 11) is 0. The fourth-order valence-corrected chi connectivity index (χ4v) is 4.18. The average Bonchev–Trinajstić information content (AvgIpc) is 3.17. The van der Waals surface area contributed by atoms with E-state index < -0.39 is 0 Å². The van der Waals surface area contributed by atoms with Gasteiger partial charge in [0.15, 0.2) is 5.82 Å². The van der Waals surface area contributed by atoms with E-state index in [4.69, 9.17) is 0 Å². The fraction of sp³-hybridized carbons (Fsp3) is 0.318. The van der Waals surface area contributed by atoms with Crippen LogP contribution in [0.5, 0.6) is 0 Å². The molecule has 4 aromatic heterocycles.